The third-order valence-electron chi connectivity index (χ3n) is 7.06. The lowest BCUT2D eigenvalue weighted by atomic mass is 10.1. The first-order valence-corrected chi connectivity index (χ1v) is 18.0. The number of carbonyl (C=O) groups excluding carboxylic acids is 2. The fourth-order valence-electron chi connectivity index (χ4n) is 4.40. The van der Waals surface area contributed by atoms with Crippen molar-refractivity contribution in [3.05, 3.63) is 0 Å². The van der Waals surface area contributed by atoms with Crippen molar-refractivity contribution in [3.8, 4) is 0 Å². The van der Waals surface area contributed by atoms with E-state index in [0.717, 1.165) is 25.7 Å². The summed E-state index contributed by atoms with van der Waals surface area (Å²) in [6, 6.07) is 0. The van der Waals surface area contributed by atoms with Gasteiger partial charge in [0.25, 0.3) is 0 Å². The fourth-order valence-corrected chi connectivity index (χ4v) is 4.40. The molecule has 0 saturated carbocycles. The lowest BCUT2D eigenvalue weighted by Crippen LogP contribution is -2.15. The first-order valence-electron chi connectivity index (χ1n) is 18.0. The Labute approximate surface area is 274 Å². The Morgan fingerprint density at radius 3 is 0.800 bits per heavy atom. The van der Waals surface area contributed by atoms with E-state index in [0.29, 0.717) is 92.1 Å². The Morgan fingerprint density at radius 1 is 0.311 bits per heavy atom. The summed E-state index contributed by atoms with van der Waals surface area (Å²) in [5.74, 6) is -0.280. The average Bonchev–Trinajstić information content (AvgIpc) is 3.04. The van der Waals surface area contributed by atoms with Crippen LogP contribution in [0.15, 0.2) is 0 Å². The largest absolute Gasteiger partial charge is 0.463 e. The summed E-state index contributed by atoms with van der Waals surface area (Å²) in [5, 5.41) is 0. The minimum absolute atomic E-state index is 0.137. The summed E-state index contributed by atoms with van der Waals surface area (Å²) in [7, 11) is 0. The van der Waals surface area contributed by atoms with E-state index >= 15 is 0 Å². The molecule has 45 heavy (non-hydrogen) atoms. The maximum atomic E-state index is 11.8. The first kappa shape index (κ1) is 43.7. The molecule has 0 rings (SSSR count). The van der Waals surface area contributed by atoms with Gasteiger partial charge < -0.3 is 37.9 Å². The van der Waals surface area contributed by atoms with Gasteiger partial charge in [-0.3, -0.25) is 9.59 Å². The van der Waals surface area contributed by atoms with E-state index in [-0.39, 0.29) is 25.2 Å². The van der Waals surface area contributed by atoms with Gasteiger partial charge in [0.1, 0.15) is 13.2 Å². The van der Waals surface area contributed by atoms with E-state index in [2.05, 4.69) is 13.8 Å². The van der Waals surface area contributed by atoms with E-state index in [9.17, 15) is 9.59 Å². The second kappa shape index (κ2) is 38.9. The molecule has 10 heteroatoms. The lowest BCUT2D eigenvalue weighted by molar-refractivity contribution is -0.146. The number of ether oxygens (including phenoxy) is 8. The highest BCUT2D eigenvalue weighted by atomic mass is 16.6. The predicted molar refractivity (Wildman–Crippen MR) is 177 cm³/mol. The molecule has 0 bridgehead atoms. The first-order chi connectivity index (χ1) is 22.2. The minimum Gasteiger partial charge on any atom is -0.463 e. The normalized spacial score (nSPS) is 11.2. The molecule has 0 aliphatic rings. The molecule has 268 valence electrons. The Morgan fingerprint density at radius 2 is 0.533 bits per heavy atom. The molecule has 0 atom stereocenters. The zero-order valence-corrected chi connectivity index (χ0v) is 29.0. The predicted octanol–water partition coefficient (Wildman–Crippen LogP) is 6.84. The molecule has 0 aromatic rings. The highest BCUT2D eigenvalue weighted by Crippen LogP contribution is 2.11. The van der Waals surface area contributed by atoms with Gasteiger partial charge in [0.05, 0.1) is 79.3 Å². The van der Waals surface area contributed by atoms with Gasteiger partial charge in [0.2, 0.25) is 0 Å². The SMILES string of the molecule is CCCCCCCCCCCC(=O)OCCOCCOCCOCCOCCOCCOCCOC(=O)CCCCCCCC. The van der Waals surface area contributed by atoms with E-state index in [1.165, 1.54) is 70.6 Å². The van der Waals surface area contributed by atoms with Gasteiger partial charge in [-0.05, 0) is 12.8 Å². The molecular weight excluding hydrogens is 580 g/mol. The van der Waals surface area contributed by atoms with Crippen LogP contribution in [-0.4, -0.2) is 104 Å². The maximum Gasteiger partial charge on any atom is 0.305 e. The monoisotopic (exact) mass is 648 g/mol. The van der Waals surface area contributed by atoms with Crippen LogP contribution in [0.5, 0.6) is 0 Å². The van der Waals surface area contributed by atoms with Gasteiger partial charge in [0.15, 0.2) is 0 Å². The molecule has 0 aliphatic heterocycles. The van der Waals surface area contributed by atoms with Crippen molar-refractivity contribution in [3.63, 3.8) is 0 Å². The highest BCUT2D eigenvalue weighted by Gasteiger charge is 2.04. The van der Waals surface area contributed by atoms with Crippen LogP contribution in [0.3, 0.4) is 0 Å². The van der Waals surface area contributed by atoms with Crippen LogP contribution < -0.4 is 0 Å². The number of hydrogen-bond donors (Lipinski definition) is 0. The zero-order valence-electron chi connectivity index (χ0n) is 29.0. The summed E-state index contributed by atoms with van der Waals surface area (Å²) in [4.78, 5) is 23.4. The van der Waals surface area contributed by atoms with E-state index in [1.807, 2.05) is 0 Å². The van der Waals surface area contributed by atoms with Crippen LogP contribution in [0.25, 0.3) is 0 Å². The van der Waals surface area contributed by atoms with E-state index in [1.54, 1.807) is 0 Å². The molecule has 0 fully saturated rings. The molecule has 0 aromatic carbocycles. The molecule has 0 unspecified atom stereocenters. The standard InChI is InChI=1S/C35H68O10/c1-3-5-7-9-11-12-13-15-17-19-35(37)45-33-31-43-29-27-41-25-23-39-21-20-38-22-24-40-26-28-42-30-32-44-34(36)18-16-14-10-8-6-4-2/h3-33H2,1-2H3. The van der Waals surface area contributed by atoms with Gasteiger partial charge in [-0.2, -0.15) is 0 Å². The van der Waals surface area contributed by atoms with Crippen LogP contribution in [-0.2, 0) is 47.5 Å². The minimum atomic E-state index is -0.143. The van der Waals surface area contributed by atoms with Gasteiger partial charge >= 0.3 is 11.9 Å². The van der Waals surface area contributed by atoms with Gasteiger partial charge in [-0.1, -0.05) is 97.3 Å². The van der Waals surface area contributed by atoms with Crippen molar-refractivity contribution < 1.29 is 47.5 Å². The summed E-state index contributed by atoms with van der Waals surface area (Å²) in [6.07, 6.45) is 19.0. The van der Waals surface area contributed by atoms with Crippen molar-refractivity contribution in [2.24, 2.45) is 0 Å². The van der Waals surface area contributed by atoms with Crippen LogP contribution >= 0.6 is 0 Å². The zero-order chi connectivity index (χ0) is 32.7. The van der Waals surface area contributed by atoms with Gasteiger partial charge in [0, 0.05) is 12.8 Å². The number of hydrogen-bond acceptors (Lipinski definition) is 10. The molecular formula is C35H68O10. The Kier molecular flexibility index (Phi) is 37.8. The van der Waals surface area contributed by atoms with Crippen molar-refractivity contribution in [1.82, 2.24) is 0 Å². The molecule has 0 amide bonds. The summed E-state index contributed by atoms with van der Waals surface area (Å²) in [6.45, 7) is 10.5. The van der Waals surface area contributed by atoms with Crippen LogP contribution in [0.4, 0.5) is 0 Å². The van der Waals surface area contributed by atoms with Crippen molar-refractivity contribution in [2.45, 2.75) is 123 Å². The number of rotatable bonds is 38. The smallest absolute Gasteiger partial charge is 0.305 e. The lowest BCUT2D eigenvalue weighted by Gasteiger charge is -2.09. The van der Waals surface area contributed by atoms with Crippen LogP contribution in [0, 0.1) is 0 Å². The van der Waals surface area contributed by atoms with E-state index < -0.39 is 0 Å². The number of esters is 2. The molecule has 0 N–H and O–H groups in total. The van der Waals surface area contributed by atoms with Crippen LogP contribution in [0.1, 0.15) is 123 Å². The summed E-state index contributed by atoms with van der Waals surface area (Å²) >= 11 is 0. The fraction of sp³-hybridized carbons (Fsp3) is 0.943. The second-order valence-corrected chi connectivity index (χ2v) is 11.2. The Balaban J connectivity index is 3.16. The maximum absolute atomic E-state index is 11.8. The van der Waals surface area contributed by atoms with Crippen molar-refractivity contribution in [1.29, 1.82) is 0 Å². The van der Waals surface area contributed by atoms with E-state index in [4.69, 9.17) is 37.9 Å². The average molecular weight is 649 g/mol. The third kappa shape index (κ3) is 38.8. The van der Waals surface area contributed by atoms with Gasteiger partial charge in [-0.25, -0.2) is 0 Å². The summed E-state index contributed by atoms with van der Waals surface area (Å²) < 4.78 is 43.1. The molecule has 0 spiro atoms. The van der Waals surface area contributed by atoms with Gasteiger partial charge in [-0.15, -0.1) is 0 Å². The second-order valence-electron chi connectivity index (χ2n) is 11.2. The molecule has 0 aromatic heterocycles. The molecule has 0 radical (unpaired) electrons. The molecule has 10 nitrogen and oxygen atoms in total. The number of carbonyl (C=O) groups is 2. The van der Waals surface area contributed by atoms with Crippen molar-refractivity contribution >= 4 is 11.9 Å². The topological polar surface area (TPSA) is 108 Å². The molecule has 0 heterocycles. The molecule has 0 saturated heterocycles. The number of unbranched alkanes of at least 4 members (excludes halogenated alkanes) is 13. The van der Waals surface area contributed by atoms with Crippen molar-refractivity contribution in [2.75, 3.05) is 92.5 Å². The highest BCUT2D eigenvalue weighted by molar-refractivity contribution is 5.69. The quantitative estimate of drug-likeness (QED) is 0.0521. The summed E-state index contributed by atoms with van der Waals surface area (Å²) in [5.41, 5.74) is 0. The van der Waals surface area contributed by atoms with Crippen LogP contribution in [0.2, 0.25) is 0 Å². The Hall–Kier alpha value is -1.30. The third-order valence-corrected chi connectivity index (χ3v) is 7.06. The molecule has 0 aliphatic carbocycles. The Bertz CT molecular complexity index is 605.